The lowest BCUT2D eigenvalue weighted by Crippen LogP contribution is -1.99. The van der Waals surface area contributed by atoms with Gasteiger partial charge in [-0.05, 0) is 36.2 Å². The third-order valence-electron chi connectivity index (χ3n) is 2.04. The Morgan fingerprint density at radius 2 is 1.89 bits per heavy atom. The van der Waals surface area contributed by atoms with Crippen molar-refractivity contribution in [3.05, 3.63) is 34.9 Å². The molecule has 0 N–H and O–H groups in total. The molecule has 18 heavy (non-hydrogen) atoms. The molecule has 0 saturated heterocycles. The molecule has 0 fully saturated rings. The van der Waals surface area contributed by atoms with Gasteiger partial charge in [-0.3, -0.25) is 0 Å². The maximum atomic E-state index is 13.5. The number of aromatic nitrogens is 3. The van der Waals surface area contributed by atoms with Crippen molar-refractivity contribution in [1.29, 1.82) is 0 Å². The molecule has 2 aromatic rings. The van der Waals surface area contributed by atoms with E-state index in [4.69, 9.17) is 21.1 Å². The quantitative estimate of drug-likeness (QED) is 0.857. The van der Waals surface area contributed by atoms with E-state index in [2.05, 4.69) is 15.0 Å². The minimum Gasteiger partial charge on any atom is -0.467 e. The second kappa shape index (κ2) is 5.14. The van der Waals surface area contributed by atoms with Gasteiger partial charge in [0.25, 0.3) is 0 Å². The van der Waals surface area contributed by atoms with Crippen molar-refractivity contribution in [3.63, 3.8) is 0 Å². The zero-order valence-electron chi connectivity index (χ0n) is 9.65. The Morgan fingerprint density at radius 3 is 2.61 bits per heavy atom. The highest BCUT2D eigenvalue weighted by molar-refractivity contribution is 6.28. The van der Waals surface area contributed by atoms with Gasteiger partial charge in [-0.25, -0.2) is 4.39 Å². The zero-order chi connectivity index (χ0) is 13.1. The molecule has 0 aliphatic heterocycles. The van der Waals surface area contributed by atoms with E-state index in [0.29, 0.717) is 0 Å². The van der Waals surface area contributed by atoms with Gasteiger partial charge in [-0.2, -0.15) is 9.97 Å². The van der Waals surface area contributed by atoms with Crippen LogP contribution in [0.5, 0.6) is 17.8 Å². The maximum absolute atomic E-state index is 13.5. The van der Waals surface area contributed by atoms with Crippen LogP contribution in [0.1, 0.15) is 5.56 Å². The minimum atomic E-state index is -0.517. The molecule has 5 nitrogen and oxygen atoms in total. The molecule has 0 aliphatic carbocycles. The molecular formula is C11H9ClFN3O2. The molecule has 0 radical (unpaired) electrons. The molecule has 0 saturated carbocycles. The number of methoxy groups -OCH3 is 1. The molecular weight excluding hydrogens is 261 g/mol. The van der Waals surface area contributed by atoms with Crippen LogP contribution in [0.15, 0.2) is 18.2 Å². The molecule has 1 heterocycles. The average Bonchev–Trinajstić information content (AvgIpc) is 2.33. The number of aryl methyl sites for hydroxylation is 1. The summed E-state index contributed by atoms with van der Waals surface area (Å²) in [6.45, 7) is 1.81. The third-order valence-corrected chi connectivity index (χ3v) is 2.21. The molecule has 1 aromatic heterocycles. The van der Waals surface area contributed by atoms with E-state index in [1.165, 1.54) is 19.2 Å². The van der Waals surface area contributed by atoms with Gasteiger partial charge in [0, 0.05) is 0 Å². The van der Waals surface area contributed by atoms with Gasteiger partial charge in [-0.1, -0.05) is 6.07 Å². The van der Waals surface area contributed by atoms with Crippen molar-refractivity contribution in [1.82, 2.24) is 15.0 Å². The summed E-state index contributed by atoms with van der Waals surface area (Å²) in [7, 11) is 1.38. The van der Waals surface area contributed by atoms with Crippen LogP contribution in [-0.4, -0.2) is 22.1 Å². The van der Waals surface area contributed by atoms with Crippen LogP contribution >= 0.6 is 11.6 Å². The number of ether oxygens (including phenoxy) is 2. The first-order chi connectivity index (χ1) is 8.58. The van der Waals surface area contributed by atoms with Crippen LogP contribution in [-0.2, 0) is 0 Å². The van der Waals surface area contributed by atoms with Crippen molar-refractivity contribution in [3.8, 4) is 17.8 Å². The predicted molar refractivity (Wildman–Crippen MR) is 62.6 cm³/mol. The highest BCUT2D eigenvalue weighted by Gasteiger charge is 2.10. The van der Waals surface area contributed by atoms with Crippen LogP contribution in [0.2, 0.25) is 5.28 Å². The number of hydrogen-bond donors (Lipinski definition) is 0. The average molecular weight is 270 g/mol. The van der Waals surface area contributed by atoms with Gasteiger partial charge >= 0.3 is 12.0 Å². The van der Waals surface area contributed by atoms with E-state index in [0.717, 1.165) is 5.56 Å². The normalized spacial score (nSPS) is 10.2. The Kier molecular flexibility index (Phi) is 3.57. The molecule has 1 aromatic carbocycles. The predicted octanol–water partition coefficient (Wildman–Crippen LogP) is 2.77. The molecule has 7 heteroatoms. The first kappa shape index (κ1) is 12.5. The lowest BCUT2D eigenvalue weighted by molar-refractivity contribution is 0.353. The Labute approximate surface area is 108 Å². The number of benzene rings is 1. The van der Waals surface area contributed by atoms with Crippen LogP contribution in [0.25, 0.3) is 0 Å². The number of rotatable bonds is 3. The Hall–Kier alpha value is -1.95. The van der Waals surface area contributed by atoms with Crippen LogP contribution in [0.4, 0.5) is 4.39 Å². The fourth-order valence-corrected chi connectivity index (χ4v) is 1.38. The van der Waals surface area contributed by atoms with Gasteiger partial charge in [-0.15, -0.1) is 4.98 Å². The number of nitrogens with zero attached hydrogens (tertiary/aromatic N) is 3. The summed E-state index contributed by atoms with van der Waals surface area (Å²) in [6.07, 6.45) is 0. The summed E-state index contributed by atoms with van der Waals surface area (Å²) in [6, 6.07) is 4.32. The summed E-state index contributed by atoms with van der Waals surface area (Å²) in [5.41, 5.74) is 0.846. The highest BCUT2D eigenvalue weighted by atomic mass is 35.5. The van der Waals surface area contributed by atoms with Crippen molar-refractivity contribution in [2.45, 2.75) is 6.92 Å². The van der Waals surface area contributed by atoms with Gasteiger partial charge in [0.15, 0.2) is 11.6 Å². The van der Waals surface area contributed by atoms with Gasteiger partial charge < -0.3 is 9.47 Å². The fourth-order valence-electron chi connectivity index (χ4n) is 1.24. The van der Waals surface area contributed by atoms with Gasteiger partial charge in [0.2, 0.25) is 5.28 Å². The topological polar surface area (TPSA) is 57.1 Å². The molecule has 94 valence electrons. The van der Waals surface area contributed by atoms with E-state index in [1.807, 2.05) is 6.92 Å². The van der Waals surface area contributed by atoms with E-state index in [-0.39, 0.29) is 23.1 Å². The molecule has 0 unspecified atom stereocenters. The Bertz CT molecular complexity index is 580. The van der Waals surface area contributed by atoms with Crippen LogP contribution in [0, 0.1) is 12.7 Å². The number of hydrogen-bond acceptors (Lipinski definition) is 5. The standard InChI is InChI=1S/C11H9ClFN3O2/c1-6-3-4-7(13)8(5-6)18-11-15-9(12)14-10(16-11)17-2/h3-5H,1-2H3. The van der Waals surface area contributed by atoms with Crippen molar-refractivity contribution in [2.24, 2.45) is 0 Å². The van der Waals surface area contributed by atoms with E-state index in [9.17, 15) is 4.39 Å². The summed E-state index contributed by atoms with van der Waals surface area (Å²) in [5.74, 6) is -0.504. The van der Waals surface area contributed by atoms with E-state index >= 15 is 0 Å². The number of halogens is 2. The maximum Gasteiger partial charge on any atom is 0.329 e. The summed E-state index contributed by atoms with van der Waals surface area (Å²) >= 11 is 5.65. The highest BCUT2D eigenvalue weighted by Crippen LogP contribution is 2.24. The van der Waals surface area contributed by atoms with E-state index < -0.39 is 5.82 Å². The largest absolute Gasteiger partial charge is 0.467 e. The first-order valence-corrected chi connectivity index (χ1v) is 5.36. The molecule has 2 rings (SSSR count). The van der Waals surface area contributed by atoms with Gasteiger partial charge in [0.1, 0.15) is 0 Å². The first-order valence-electron chi connectivity index (χ1n) is 4.98. The summed E-state index contributed by atoms with van der Waals surface area (Å²) < 4.78 is 23.5. The molecule has 0 spiro atoms. The van der Waals surface area contributed by atoms with E-state index in [1.54, 1.807) is 6.07 Å². The molecule has 0 atom stereocenters. The Morgan fingerprint density at radius 1 is 1.17 bits per heavy atom. The van der Waals surface area contributed by atoms with Crippen LogP contribution in [0.3, 0.4) is 0 Å². The van der Waals surface area contributed by atoms with Crippen LogP contribution < -0.4 is 9.47 Å². The molecule has 0 amide bonds. The van der Waals surface area contributed by atoms with Crippen molar-refractivity contribution in [2.75, 3.05) is 7.11 Å². The van der Waals surface area contributed by atoms with Crippen molar-refractivity contribution < 1.29 is 13.9 Å². The van der Waals surface area contributed by atoms with Crippen molar-refractivity contribution >= 4 is 11.6 Å². The fraction of sp³-hybridized carbons (Fsp3) is 0.182. The Balaban J connectivity index is 2.33. The summed E-state index contributed by atoms with van der Waals surface area (Å²) in [4.78, 5) is 11.2. The smallest absolute Gasteiger partial charge is 0.329 e. The second-order valence-corrected chi connectivity index (χ2v) is 3.75. The zero-order valence-corrected chi connectivity index (χ0v) is 10.4. The second-order valence-electron chi connectivity index (χ2n) is 3.41. The van der Waals surface area contributed by atoms with Gasteiger partial charge in [0.05, 0.1) is 7.11 Å². The lowest BCUT2D eigenvalue weighted by atomic mass is 10.2. The minimum absolute atomic E-state index is 0.00180. The third kappa shape index (κ3) is 2.84. The molecule has 0 bridgehead atoms. The lowest BCUT2D eigenvalue weighted by Gasteiger charge is -2.06. The summed E-state index contributed by atoms with van der Waals surface area (Å²) in [5, 5.41) is -0.0927. The SMILES string of the molecule is COc1nc(Cl)nc(Oc2cc(C)ccc2F)n1. The monoisotopic (exact) mass is 269 g/mol. The molecule has 0 aliphatic rings.